The first kappa shape index (κ1) is 14.3. The summed E-state index contributed by atoms with van der Waals surface area (Å²) in [6.45, 7) is 2.09. The molecule has 0 amide bonds. The van der Waals surface area contributed by atoms with Crippen LogP contribution >= 0.6 is 23.4 Å². The van der Waals surface area contributed by atoms with Gasteiger partial charge in [0, 0.05) is 19.3 Å². The van der Waals surface area contributed by atoms with Crippen molar-refractivity contribution in [3.05, 3.63) is 5.28 Å². The van der Waals surface area contributed by atoms with Crippen LogP contribution < -0.4 is 10.6 Å². The smallest absolute Gasteiger partial charge is 0.228 e. The van der Waals surface area contributed by atoms with E-state index in [4.69, 9.17) is 11.6 Å². The fourth-order valence-corrected chi connectivity index (χ4v) is 2.06. The average molecular weight is 278 g/mol. The second-order valence-corrected chi connectivity index (χ2v) is 4.99. The molecule has 0 aliphatic carbocycles. The molecule has 1 aromatic rings. The van der Waals surface area contributed by atoms with Gasteiger partial charge in [-0.05, 0) is 24.8 Å². The number of hydrogen-bond acceptors (Lipinski definition) is 7. The van der Waals surface area contributed by atoms with Gasteiger partial charge in [0.2, 0.25) is 17.2 Å². The molecule has 0 aromatic carbocycles. The first-order chi connectivity index (χ1) is 7.96. The number of halogens is 1. The maximum absolute atomic E-state index is 9.97. The number of aromatic nitrogens is 3. The van der Waals surface area contributed by atoms with Crippen LogP contribution in [0.3, 0.4) is 0 Å². The Morgan fingerprint density at radius 2 is 2.00 bits per heavy atom. The van der Waals surface area contributed by atoms with E-state index in [1.807, 2.05) is 6.26 Å². The van der Waals surface area contributed by atoms with E-state index in [2.05, 4.69) is 25.6 Å². The lowest BCUT2D eigenvalue weighted by atomic mass is 10.1. The van der Waals surface area contributed by atoms with Gasteiger partial charge in [-0.15, -0.1) is 0 Å². The summed E-state index contributed by atoms with van der Waals surface area (Å²) in [5, 5.41) is 15.8. The van der Waals surface area contributed by atoms with Crippen molar-refractivity contribution in [1.82, 2.24) is 15.0 Å². The van der Waals surface area contributed by atoms with Crippen LogP contribution in [0.25, 0.3) is 0 Å². The van der Waals surface area contributed by atoms with Crippen molar-refractivity contribution in [2.45, 2.75) is 12.5 Å². The maximum atomic E-state index is 9.97. The van der Waals surface area contributed by atoms with Crippen LogP contribution in [0.2, 0.25) is 5.28 Å². The Morgan fingerprint density at radius 1 is 1.35 bits per heavy atom. The minimum atomic E-state index is -0.821. The molecule has 6 nitrogen and oxygen atoms in total. The van der Waals surface area contributed by atoms with Gasteiger partial charge >= 0.3 is 0 Å². The molecule has 0 fully saturated rings. The Balaban J connectivity index is 2.65. The van der Waals surface area contributed by atoms with Crippen LogP contribution in [0.15, 0.2) is 0 Å². The topological polar surface area (TPSA) is 83.0 Å². The monoisotopic (exact) mass is 277 g/mol. The summed E-state index contributed by atoms with van der Waals surface area (Å²) in [5.74, 6) is 1.35. The molecule has 8 heteroatoms. The van der Waals surface area contributed by atoms with Gasteiger partial charge in [0.25, 0.3) is 0 Å². The van der Waals surface area contributed by atoms with Gasteiger partial charge in [0.15, 0.2) is 0 Å². The van der Waals surface area contributed by atoms with Gasteiger partial charge in [-0.3, -0.25) is 0 Å². The van der Waals surface area contributed by atoms with Crippen molar-refractivity contribution >= 4 is 35.3 Å². The number of rotatable bonds is 6. The van der Waals surface area contributed by atoms with E-state index in [-0.39, 0.29) is 5.28 Å². The van der Waals surface area contributed by atoms with Crippen LogP contribution in [0.4, 0.5) is 11.9 Å². The minimum Gasteiger partial charge on any atom is -0.387 e. The molecule has 0 spiro atoms. The number of aliphatic hydroxyl groups is 1. The van der Waals surface area contributed by atoms with E-state index >= 15 is 0 Å². The normalized spacial score (nSPS) is 14.2. The molecule has 3 N–H and O–H groups in total. The summed E-state index contributed by atoms with van der Waals surface area (Å²) in [7, 11) is 1.69. The third kappa shape index (κ3) is 4.93. The Morgan fingerprint density at radius 3 is 2.59 bits per heavy atom. The molecule has 0 aliphatic heterocycles. The zero-order chi connectivity index (χ0) is 12.9. The lowest BCUT2D eigenvalue weighted by molar-refractivity contribution is 0.0995. The van der Waals surface area contributed by atoms with Crippen molar-refractivity contribution in [3.63, 3.8) is 0 Å². The van der Waals surface area contributed by atoms with Gasteiger partial charge in [-0.1, -0.05) is 0 Å². The minimum absolute atomic E-state index is 0.108. The van der Waals surface area contributed by atoms with E-state index in [0.29, 0.717) is 24.2 Å². The molecule has 1 heterocycles. The Bertz CT molecular complexity index is 376. The number of nitrogens with zero attached hydrogens (tertiary/aromatic N) is 3. The molecule has 17 heavy (non-hydrogen) atoms. The van der Waals surface area contributed by atoms with Crippen molar-refractivity contribution in [1.29, 1.82) is 0 Å². The molecule has 1 atom stereocenters. The van der Waals surface area contributed by atoms with E-state index in [9.17, 15) is 5.11 Å². The van der Waals surface area contributed by atoms with Gasteiger partial charge < -0.3 is 15.7 Å². The summed E-state index contributed by atoms with van der Waals surface area (Å²) >= 11 is 7.30. The highest BCUT2D eigenvalue weighted by Gasteiger charge is 2.19. The second-order valence-electron chi connectivity index (χ2n) is 3.79. The molecule has 0 aliphatic rings. The van der Waals surface area contributed by atoms with E-state index < -0.39 is 5.60 Å². The molecule has 1 aromatic heterocycles. The largest absolute Gasteiger partial charge is 0.387 e. The fourth-order valence-electron chi connectivity index (χ4n) is 1.17. The Labute approximate surface area is 110 Å². The summed E-state index contributed by atoms with van der Waals surface area (Å²) < 4.78 is 0. The summed E-state index contributed by atoms with van der Waals surface area (Å²) in [4.78, 5) is 11.8. The lowest BCUT2D eigenvalue weighted by Gasteiger charge is -2.22. The average Bonchev–Trinajstić information content (AvgIpc) is 2.26. The molecule has 0 saturated carbocycles. The predicted molar refractivity (Wildman–Crippen MR) is 71.9 cm³/mol. The van der Waals surface area contributed by atoms with Crippen LogP contribution in [0.5, 0.6) is 0 Å². The molecule has 0 bridgehead atoms. The number of anilines is 2. The van der Waals surface area contributed by atoms with Crippen LogP contribution in [0.1, 0.15) is 6.92 Å². The standard InChI is InChI=1S/C9H16ClN5OS/c1-9(16,5-17-3)4-12-8-14-6(10)13-7(11-2)15-8/h16H,4-5H2,1-3H3,(H2,11,12,13,14,15). The summed E-state index contributed by atoms with van der Waals surface area (Å²) in [6.07, 6.45) is 1.94. The molecule has 0 saturated heterocycles. The fraction of sp³-hybridized carbons (Fsp3) is 0.667. The molecule has 1 rings (SSSR count). The quantitative estimate of drug-likeness (QED) is 0.718. The molecular formula is C9H16ClN5OS. The summed E-state index contributed by atoms with van der Waals surface area (Å²) in [5.41, 5.74) is -0.821. The highest BCUT2D eigenvalue weighted by atomic mass is 35.5. The Kier molecular flexibility index (Phi) is 5.23. The number of thioether (sulfide) groups is 1. The third-order valence-corrected chi connectivity index (χ3v) is 2.99. The molecule has 96 valence electrons. The van der Waals surface area contributed by atoms with Crippen molar-refractivity contribution in [3.8, 4) is 0 Å². The van der Waals surface area contributed by atoms with Crippen LogP contribution in [-0.2, 0) is 0 Å². The predicted octanol–water partition coefficient (Wildman–Crippen LogP) is 1.09. The summed E-state index contributed by atoms with van der Waals surface area (Å²) in [6, 6.07) is 0. The van der Waals surface area contributed by atoms with E-state index in [1.165, 1.54) is 0 Å². The lowest BCUT2D eigenvalue weighted by Crippen LogP contribution is -2.36. The van der Waals surface area contributed by atoms with Crippen molar-refractivity contribution in [2.24, 2.45) is 0 Å². The first-order valence-corrected chi connectivity index (χ1v) is 6.78. The van der Waals surface area contributed by atoms with E-state index in [1.54, 1.807) is 25.7 Å². The zero-order valence-electron chi connectivity index (χ0n) is 9.99. The highest BCUT2D eigenvalue weighted by Crippen LogP contribution is 2.13. The number of hydrogen-bond donors (Lipinski definition) is 3. The zero-order valence-corrected chi connectivity index (χ0v) is 11.6. The van der Waals surface area contributed by atoms with Crippen molar-refractivity contribution in [2.75, 3.05) is 36.2 Å². The third-order valence-electron chi connectivity index (χ3n) is 1.91. The van der Waals surface area contributed by atoms with Crippen LogP contribution in [-0.4, -0.2) is 51.3 Å². The van der Waals surface area contributed by atoms with Crippen molar-refractivity contribution < 1.29 is 5.11 Å². The molecular weight excluding hydrogens is 262 g/mol. The van der Waals surface area contributed by atoms with Gasteiger partial charge in [0.05, 0.1) is 5.60 Å². The van der Waals surface area contributed by atoms with Gasteiger partial charge in [0.1, 0.15) is 0 Å². The number of nitrogens with one attached hydrogen (secondary N) is 2. The van der Waals surface area contributed by atoms with Gasteiger partial charge in [-0.25, -0.2) is 0 Å². The van der Waals surface area contributed by atoms with Crippen LogP contribution in [0, 0.1) is 0 Å². The van der Waals surface area contributed by atoms with Gasteiger partial charge in [-0.2, -0.15) is 26.7 Å². The maximum Gasteiger partial charge on any atom is 0.228 e. The first-order valence-electron chi connectivity index (χ1n) is 5.01. The van der Waals surface area contributed by atoms with E-state index in [0.717, 1.165) is 0 Å². The Hall–Kier alpha value is -0.790. The highest BCUT2D eigenvalue weighted by molar-refractivity contribution is 7.98. The second kappa shape index (κ2) is 6.23. The SMILES string of the molecule is CNc1nc(Cl)nc(NCC(C)(O)CSC)n1. The molecule has 1 unspecified atom stereocenters. The molecule has 0 radical (unpaired) electrons.